The molecule has 0 aliphatic carbocycles. The van der Waals surface area contributed by atoms with Crippen LogP contribution in [0.15, 0.2) is 18.2 Å². The summed E-state index contributed by atoms with van der Waals surface area (Å²) in [6, 6.07) is 5.53. The predicted octanol–water partition coefficient (Wildman–Crippen LogP) is 3.39. The molecule has 3 nitrogen and oxygen atoms in total. The predicted molar refractivity (Wildman–Crippen MR) is 75.3 cm³/mol. The summed E-state index contributed by atoms with van der Waals surface area (Å²) in [7, 11) is 3.04. The van der Waals surface area contributed by atoms with Crippen LogP contribution in [0.2, 0.25) is 5.02 Å². The molecule has 100 valence electrons. The molecule has 0 aliphatic rings. The number of halogens is 1. The van der Waals surface area contributed by atoms with E-state index in [1.54, 1.807) is 24.9 Å². The number of benzene rings is 1. The van der Waals surface area contributed by atoms with Crippen molar-refractivity contribution >= 4 is 29.3 Å². The number of carbonyl (C=O) groups is 1. The minimum absolute atomic E-state index is 0.106. The van der Waals surface area contributed by atoms with Crippen molar-refractivity contribution in [1.82, 2.24) is 0 Å². The molecule has 1 rings (SSSR count). The molecular weight excluding hydrogens is 272 g/mol. The molecule has 0 heterocycles. The van der Waals surface area contributed by atoms with E-state index in [-0.39, 0.29) is 11.9 Å². The van der Waals surface area contributed by atoms with E-state index in [0.29, 0.717) is 10.8 Å². The lowest BCUT2D eigenvalue weighted by Crippen LogP contribution is -2.14. The molecule has 0 aliphatic heterocycles. The normalized spacial score (nSPS) is 12.0. The molecule has 1 aromatic rings. The summed E-state index contributed by atoms with van der Waals surface area (Å²) in [6.07, 6.45) is 0. The van der Waals surface area contributed by atoms with Crippen molar-refractivity contribution in [3.05, 3.63) is 28.8 Å². The molecule has 0 radical (unpaired) electrons. The molecule has 0 fully saturated rings. The molecular formula is C13H17ClO3S. The fourth-order valence-corrected chi connectivity index (χ4v) is 2.72. The molecule has 0 N–H and O–H groups in total. The summed E-state index contributed by atoms with van der Waals surface area (Å²) < 4.78 is 9.94. The van der Waals surface area contributed by atoms with E-state index >= 15 is 0 Å². The quantitative estimate of drug-likeness (QED) is 0.752. The van der Waals surface area contributed by atoms with Crippen LogP contribution in [0.1, 0.15) is 12.5 Å². The molecule has 5 heteroatoms. The van der Waals surface area contributed by atoms with E-state index in [1.807, 2.05) is 19.1 Å². The highest BCUT2D eigenvalue weighted by Gasteiger charge is 2.13. The summed E-state index contributed by atoms with van der Waals surface area (Å²) in [5, 5.41) is 0.687. The zero-order valence-electron chi connectivity index (χ0n) is 10.7. The van der Waals surface area contributed by atoms with Gasteiger partial charge in [-0.1, -0.05) is 18.5 Å². The van der Waals surface area contributed by atoms with Gasteiger partial charge in [-0.05, 0) is 18.2 Å². The average molecular weight is 289 g/mol. The first-order chi connectivity index (χ1) is 8.58. The number of methoxy groups -OCH3 is 2. The monoisotopic (exact) mass is 288 g/mol. The van der Waals surface area contributed by atoms with Gasteiger partial charge in [-0.15, -0.1) is 0 Å². The third-order valence-corrected chi connectivity index (χ3v) is 3.96. The maximum Gasteiger partial charge on any atom is 0.309 e. The van der Waals surface area contributed by atoms with Gasteiger partial charge in [0.05, 0.1) is 20.1 Å². The molecule has 0 amide bonds. The van der Waals surface area contributed by atoms with Gasteiger partial charge >= 0.3 is 5.97 Å². The molecule has 0 saturated carbocycles. The minimum atomic E-state index is -0.180. The van der Waals surface area contributed by atoms with E-state index in [9.17, 15) is 4.79 Å². The standard InChI is InChI=1S/C13H17ClO3S/c1-9(13(15)17-3)7-18-8-10-6-11(14)4-5-12(10)16-2/h4-6,9H,7-8H2,1-3H3. The van der Waals surface area contributed by atoms with Crippen molar-refractivity contribution in [1.29, 1.82) is 0 Å². The zero-order chi connectivity index (χ0) is 13.5. The zero-order valence-corrected chi connectivity index (χ0v) is 12.3. The highest BCUT2D eigenvalue weighted by atomic mass is 35.5. The Morgan fingerprint density at radius 1 is 1.44 bits per heavy atom. The van der Waals surface area contributed by atoms with Gasteiger partial charge in [-0.2, -0.15) is 11.8 Å². The summed E-state index contributed by atoms with van der Waals surface area (Å²) in [5.41, 5.74) is 1.03. The molecule has 0 spiro atoms. The Hall–Kier alpha value is -0.870. The van der Waals surface area contributed by atoms with Crippen LogP contribution < -0.4 is 4.74 Å². The SMILES string of the molecule is COC(=O)C(C)CSCc1cc(Cl)ccc1OC. The van der Waals surface area contributed by atoms with Gasteiger partial charge in [0.15, 0.2) is 0 Å². The lowest BCUT2D eigenvalue weighted by molar-refractivity contribution is -0.143. The van der Waals surface area contributed by atoms with Gasteiger partial charge in [0.25, 0.3) is 0 Å². The maximum atomic E-state index is 11.3. The van der Waals surface area contributed by atoms with Crippen LogP contribution in [0.3, 0.4) is 0 Å². The maximum absolute atomic E-state index is 11.3. The first-order valence-corrected chi connectivity index (χ1v) is 7.09. The van der Waals surface area contributed by atoms with Crippen molar-refractivity contribution < 1.29 is 14.3 Å². The summed E-state index contributed by atoms with van der Waals surface area (Å²) in [6.45, 7) is 1.86. The summed E-state index contributed by atoms with van der Waals surface area (Å²) in [5.74, 6) is 2.00. The Balaban J connectivity index is 2.53. The number of ether oxygens (including phenoxy) is 2. The fraction of sp³-hybridized carbons (Fsp3) is 0.462. The molecule has 18 heavy (non-hydrogen) atoms. The number of hydrogen-bond donors (Lipinski definition) is 0. The third-order valence-electron chi connectivity index (χ3n) is 2.47. The van der Waals surface area contributed by atoms with Crippen LogP contribution >= 0.6 is 23.4 Å². The van der Waals surface area contributed by atoms with E-state index in [2.05, 4.69) is 4.74 Å². The Bertz CT molecular complexity index is 409. The molecule has 1 unspecified atom stereocenters. The van der Waals surface area contributed by atoms with Crippen LogP contribution in [0.25, 0.3) is 0 Å². The second-order valence-electron chi connectivity index (χ2n) is 3.90. The number of rotatable bonds is 6. The Kier molecular flexibility index (Phi) is 6.36. The van der Waals surface area contributed by atoms with E-state index in [0.717, 1.165) is 17.1 Å². The van der Waals surface area contributed by atoms with Gasteiger partial charge in [0.1, 0.15) is 5.75 Å². The molecule has 0 bridgehead atoms. The third kappa shape index (κ3) is 4.42. The Morgan fingerprint density at radius 2 is 2.17 bits per heavy atom. The van der Waals surface area contributed by atoms with Crippen molar-refractivity contribution in [2.45, 2.75) is 12.7 Å². The molecule has 0 aromatic heterocycles. The lowest BCUT2D eigenvalue weighted by atomic mass is 10.2. The van der Waals surface area contributed by atoms with Crippen LogP contribution in [-0.2, 0) is 15.3 Å². The van der Waals surface area contributed by atoms with E-state index in [1.165, 1.54) is 7.11 Å². The molecule has 1 aromatic carbocycles. The molecule has 0 saturated heterocycles. The van der Waals surface area contributed by atoms with Crippen LogP contribution in [0, 0.1) is 5.92 Å². The van der Waals surface area contributed by atoms with E-state index < -0.39 is 0 Å². The first-order valence-electron chi connectivity index (χ1n) is 5.56. The number of thioether (sulfide) groups is 1. The Labute approximate surface area is 117 Å². The Morgan fingerprint density at radius 3 is 2.78 bits per heavy atom. The van der Waals surface area contributed by atoms with Crippen molar-refractivity contribution in [3.8, 4) is 5.75 Å². The minimum Gasteiger partial charge on any atom is -0.496 e. The number of hydrogen-bond acceptors (Lipinski definition) is 4. The van der Waals surface area contributed by atoms with Crippen LogP contribution in [0.5, 0.6) is 5.75 Å². The summed E-state index contributed by atoms with van der Waals surface area (Å²) >= 11 is 7.61. The van der Waals surface area contributed by atoms with Crippen molar-refractivity contribution in [2.24, 2.45) is 5.92 Å². The van der Waals surface area contributed by atoms with E-state index in [4.69, 9.17) is 16.3 Å². The smallest absolute Gasteiger partial charge is 0.309 e. The van der Waals surface area contributed by atoms with Crippen molar-refractivity contribution in [2.75, 3.05) is 20.0 Å². The summed E-state index contributed by atoms with van der Waals surface area (Å²) in [4.78, 5) is 11.3. The molecule has 1 atom stereocenters. The van der Waals surface area contributed by atoms with Gasteiger partial charge < -0.3 is 9.47 Å². The van der Waals surface area contributed by atoms with Crippen molar-refractivity contribution in [3.63, 3.8) is 0 Å². The van der Waals surface area contributed by atoms with Gasteiger partial charge in [0, 0.05) is 22.1 Å². The van der Waals surface area contributed by atoms with Crippen LogP contribution in [0.4, 0.5) is 0 Å². The number of esters is 1. The number of carbonyl (C=O) groups excluding carboxylic acids is 1. The van der Waals surface area contributed by atoms with Gasteiger partial charge in [-0.3, -0.25) is 4.79 Å². The van der Waals surface area contributed by atoms with Crippen LogP contribution in [-0.4, -0.2) is 25.9 Å². The fourth-order valence-electron chi connectivity index (χ4n) is 1.47. The lowest BCUT2D eigenvalue weighted by Gasteiger charge is -2.11. The largest absolute Gasteiger partial charge is 0.496 e. The topological polar surface area (TPSA) is 35.5 Å². The second kappa shape index (κ2) is 7.54. The highest BCUT2D eigenvalue weighted by Crippen LogP contribution is 2.27. The van der Waals surface area contributed by atoms with Gasteiger partial charge in [0.2, 0.25) is 0 Å². The average Bonchev–Trinajstić information content (AvgIpc) is 2.38. The second-order valence-corrected chi connectivity index (χ2v) is 5.36. The first kappa shape index (κ1) is 15.2. The highest BCUT2D eigenvalue weighted by molar-refractivity contribution is 7.98. The van der Waals surface area contributed by atoms with Gasteiger partial charge in [-0.25, -0.2) is 0 Å².